The van der Waals surface area contributed by atoms with Crippen molar-refractivity contribution < 1.29 is 4.79 Å². The van der Waals surface area contributed by atoms with Crippen LogP contribution in [0, 0.1) is 5.92 Å². The molecule has 0 fully saturated rings. The highest BCUT2D eigenvalue weighted by Gasteiger charge is 2.08. The number of rotatable bonds is 3. The molecule has 5 heteroatoms. The van der Waals surface area contributed by atoms with Gasteiger partial charge in [0, 0.05) is 30.9 Å². The van der Waals surface area contributed by atoms with E-state index < -0.39 is 0 Å². The average Bonchev–Trinajstić information content (AvgIpc) is 2.76. The molecule has 94 valence electrons. The molecule has 0 bridgehead atoms. The Morgan fingerprint density at radius 3 is 2.78 bits per heavy atom. The number of anilines is 1. The quantitative estimate of drug-likeness (QED) is 0.899. The Bertz CT molecular complexity index is 560. The van der Waals surface area contributed by atoms with Crippen LogP contribution in [0.1, 0.15) is 13.8 Å². The van der Waals surface area contributed by atoms with Crippen LogP contribution >= 0.6 is 0 Å². The zero-order chi connectivity index (χ0) is 13.1. The number of nitrogens with zero attached hydrogens (tertiary/aromatic N) is 3. The molecule has 1 N–H and O–H groups in total. The summed E-state index contributed by atoms with van der Waals surface area (Å²) in [6.45, 7) is 3.70. The van der Waals surface area contributed by atoms with E-state index in [0.717, 1.165) is 11.1 Å². The van der Waals surface area contributed by atoms with Crippen molar-refractivity contribution in [3.05, 3.63) is 30.7 Å². The Morgan fingerprint density at radius 2 is 2.17 bits per heavy atom. The molecule has 2 aromatic heterocycles. The summed E-state index contributed by atoms with van der Waals surface area (Å²) in [4.78, 5) is 15.7. The lowest BCUT2D eigenvalue weighted by atomic mass is 10.1. The average molecular weight is 244 g/mol. The second-order valence-corrected chi connectivity index (χ2v) is 4.48. The van der Waals surface area contributed by atoms with Gasteiger partial charge in [0.1, 0.15) is 5.82 Å². The second kappa shape index (κ2) is 5.00. The minimum atomic E-state index is -0.0613. The van der Waals surface area contributed by atoms with Crippen LogP contribution in [0.15, 0.2) is 30.7 Å². The van der Waals surface area contributed by atoms with E-state index in [2.05, 4.69) is 15.4 Å². The number of hydrogen-bond donors (Lipinski definition) is 1. The Kier molecular flexibility index (Phi) is 3.41. The molecular weight excluding hydrogens is 228 g/mol. The zero-order valence-electron chi connectivity index (χ0n) is 10.7. The molecule has 0 aromatic carbocycles. The highest BCUT2D eigenvalue weighted by molar-refractivity contribution is 5.91. The van der Waals surface area contributed by atoms with Gasteiger partial charge in [-0.05, 0) is 17.7 Å². The lowest BCUT2D eigenvalue weighted by molar-refractivity contribution is -0.118. The first kappa shape index (κ1) is 12.3. The second-order valence-electron chi connectivity index (χ2n) is 4.48. The van der Waals surface area contributed by atoms with E-state index in [1.54, 1.807) is 17.1 Å². The lowest BCUT2D eigenvalue weighted by Gasteiger charge is -2.07. The molecule has 0 saturated heterocycles. The van der Waals surface area contributed by atoms with E-state index in [0.29, 0.717) is 5.82 Å². The third-order valence-corrected chi connectivity index (χ3v) is 2.57. The van der Waals surface area contributed by atoms with Gasteiger partial charge in [-0.25, -0.2) is 4.98 Å². The van der Waals surface area contributed by atoms with Crippen molar-refractivity contribution in [3.63, 3.8) is 0 Å². The third kappa shape index (κ3) is 2.74. The van der Waals surface area contributed by atoms with Gasteiger partial charge in [-0.15, -0.1) is 0 Å². The fraction of sp³-hybridized carbons (Fsp3) is 0.308. The number of aromatic nitrogens is 3. The van der Waals surface area contributed by atoms with Gasteiger partial charge in [0.05, 0.1) is 6.20 Å². The van der Waals surface area contributed by atoms with Crippen LogP contribution in [-0.4, -0.2) is 20.7 Å². The van der Waals surface area contributed by atoms with Gasteiger partial charge in [-0.3, -0.25) is 9.48 Å². The van der Waals surface area contributed by atoms with Crippen LogP contribution in [0.25, 0.3) is 11.1 Å². The Hall–Kier alpha value is -2.17. The lowest BCUT2D eigenvalue weighted by Crippen LogP contribution is -2.18. The first-order valence-electron chi connectivity index (χ1n) is 5.82. The fourth-order valence-electron chi connectivity index (χ4n) is 1.52. The summed E-state index contributed by atoms with van der Waals surface area (Å²) >= 11 is 0. The summed E-state index contributed by atoms with van der Waals surface area (Å²) < 4.78 is 1.74. The smallest absolute Gasteiger partial charge is 0.228 e. The topological polar surface area (TPSA) is 59.8 Å². The van der Waals surface area contributed by atoms with Crippen molar-refractivity contribution in [3.8, 4) is 11.1 Å². The van der Waals surface area contributed by atoms with Gasteiger partial charge in [-0.1, -0.05) is 13.8 Å². The van der Waals surface area contributed by atoms with Crippen molar-refractivity contribution in [1.29, 1.82) is 0 Å². The molecule has 18 heavy (non-hydrogen) atoms. The molecule has 0 radical (unpaired) electrons. The van der Waals surface area contributed by atoms with Crippen molar-refractivity contribution in [2.45, 2.75) is 13.8 Å². The maximum absolute atomic E-state index is 11.6. The van der Waals surface area contributed by atoms with Crippen molar-refractivity contribution in [2.24, 2.45) is 13.0 Å². The van der Waals surface area contributed by atoms with Crippen LogP contribution in [-0.2, 0) is 11.8 Å². The summed E-state index contributed by atoms with van der Waals surface area (Å²) in [6.07, 6.45) is 5.38. The highest BCUT2D eigenvalue weighted by atomic mass is 16.1. The monoisotopic (exact) mass is 244 g/mol. The molecule has 0 atom stereocenters. The molecule has 0 unspecified atom stereocenters. The van der Waals surface area contributed by atoms with Gasteiger partial charge in [-0.2, -0.15) is 5.10 Å². The normalized spacial score (nSPS) is 10.7. The van der Waals surface area contributed by atoms with Crippen LogP contribution in [0.4, 0.5) is 5.82 Å². The number of carbonyl (C=O) groups is 1. The molecule has 2 heterocycles. The van der Waals surface area contributed by atoms with Gasteiger partial charge in [0.25, 0.3) is 0 Å². The number of carbonyl (C=O) groups excluding carboxylic acids is 1. The molecule has 0 aliphatic rings. The highest BCUT2D eigenvalue weighted by Crippen LogP contribution is 2.20. The van der Waals surface area contributed by atoms with E-state index in [9.17, 15) is 4.79 Å². The van der Waals surface area contributed by atoms with Gasteiger partial charge >= 0.3 is 0 Å². The maximum atomic E-state index is 11.6. The number of hydrogen-bond acceptors (Lipinski definition) is 3. The van der Waals surface area contributed by atoms with E-state index in [-0.39, 0.29) is 11.8 Å². The zero-order valence-corrected chi connectivity index (χ0v) is 10.7. The summed E-state index contributed by atoms with van der Waals surface area (Å²) in [7, 11) is 1.87. The van der Waals surface area contributed by atoms with Crippen molar-refractivity contribution in [2.75, 3.05) is 5.32 Å². The molecule has 0 aliphatic heterocycles. The molecule has 1 amide bonds. The molecule has 2 aromatic rings. The molecule has 0 saturated carbocycles. The van der Waals surface area contributed by atoms with Crippen LogP contribution in [0.2, 0.25) is 0 Å². The van der Waals surface area contributed by atoms with Crippen LogP contribution < -0.4 is 5.32 Å². The third-order valence-electron chi connectivity index (χ3n) is 2.57. The predicted molar refractivity (Wildman–Crippen MR) is 69.9 cm³/mol. The van der Waals surface area contributed by atoms with E-state index in [1.165, 1.54) is 0 Å². The van der Waals surface area contributed by atoms with Crippen molar-refractivity contribution in [1.82, 2.24) is 14.8 Å². The van der Waals surface area contributed by atoms with Gasteiger partial charge < -0.3 is 5.32 Å². The summed E-state index contributed by atoms with van der Waals surface area (Å²) in [6, 6.07) is 3.74. The van der Waals surface area contributed by atoms with Crippen molar-refractivity contribution >= 4 is 11.7 Å². The number of nitrogens with one attached hydrogen (secondary N) is 1. The van der Waals surface area contributed by atoms with E-state index in [1.807, 2.05) is 39.2 Å². The number of aryl methyl sites for hydroxylation is 1. The number of pyridine rings is 1. The van der Waals surface area contributed by atoms with Gasteiger partial charge in [0.2, 0.25) is 5.91 Å². The molecule has 0 aliphatic carbocycles. The Balaban J connectivity index is 2.23. The van der Waals surface area contributed by atoms with Gasteiger partial charge in [0.15, 0.2) is 0 Å². The summed E-state index contributed by atoms with van der Waals surface area (Å²) in [5.41, 5.74) is 1.98. The number of amides is 1. The van der Waals surface area contributed by atoms with E-state index >= 15 is 0 Å². The minimum absolute atomic E-state index is 0.0363. The maximum Gasteiger partial charge on any atom is 0.228 e. The molecule has 5 nitrogen and oxygen atoms in total. The minimum Gasteiger partial charge on any atom is -0.310 e. The van der Waals surface area contributed by atoms with E-state index in [4.69, 9.17) is 0 Å². The summed E-state index contributed by atoms with van der Waals surface area (Å²) in [5, 5.41) is 6.90. The Labute approximate surface area is 106 Å². The molecular formula is C13H16N4O. The largest absolute Gasteiger partial charge is 0.310 e. The first-order chi connectivity index (χ1) is 8.56. The Morgan fingerprint density at radius 1 is 1.39 bits per heavy atom. The SMILES string of the molecule is CC(C)C(=O)Nc1cc(-c2cnn(C)c2)ccn1. The van der Waals surface area contributed by atoms with Crippen LogP contribution in [0.3, 0.4) is 0 Å². The van der Waals surface area contributed by atoms with Crippen LogP contribution in [0.5, 0.6) is 0 Å². The molecule has 0 spiro atoms. The summed E-state index contributed by atoms with van der Waals surface area (Å²) in [5.74, 6) is 0.467. The molecule has 2 rings (SSSR count). The first-order valence-corrected chi connectivity index (χ1v) is 5.82. The fourth-order valence-corrected chi connectivity index (χ4v) is 1.52. The predicted octanol–water partition coefficient (Wildman–Crippen LogP) is 2.08. The standard InChI is InChI=1S/C13H16N4O/c1-9(2)13(18)16-12-6-10(4-5-14-12)11-7-15-17(3)8-11/h4-9H,1-3H3,(H,14,16,18).